The van der Waals surface area contributed by atoms with Gasteiger partial charge in [-0.2, -0.15) is 0 Å². The SMILES string of the molecule is C=C(c1ccc(OC)cc1)C1CCC(=O)O1. The molecular formula is C13H14O3. The Kier molecular flexibility index (Phi) is 2.95. The van der Waals surface area contributed by atoms with Gasteiger partial charge in [-0.15, -0.1) is 0 Å². The maximum Gasteiger partial charge on any atom is 0.306 e. The zero-order valence-electron chi connectivity index (χ0n) is 9.23. The molecule has 1 fully saturated rings. The van der Waals surface area contributed by atoms with Gasteiger partial charge in [-0.25, -0.2) is 0 Å². The molecule has 84 valence electrons. The largest absolute Gasteiger partial charge is 0.497 e. The molecule has 0 radical (unpaired) electrons. The molecule has 0 bridgehead atoms. The van der Waals surface area contributed by atoms with E-state index in [0.29, 0.717) is 6.42 Å². The van der Waals surface area contributed by atoms with Crippen molar-refractivity contribution in [1.82, 2.24) is 0 Å². The van der Waals surface area contributed by atoms with Gasteiger partial charge in [-0.1, -0.05) is 18.7 Å². The molecule has 1 aliphatic rings. The minimum Gasteiger partial charge on any atom is -0.497 e. The van der Waals surface area contributed by atoms with Gasteiger partial charge in [-0.05, 0) is 29.7 Å². The Balaban J connectivity index is 2.11. The van der Waals surface area contributed by atoms with Crippen LogP contribution in [0.25, 0.3) is 5.57 Å². The standard InChI is InChI=1S/C13H14O3/c1-9(12-7-8-13(14)16-12)10-3-5-11(15-2)6-4-10/h3-6,12H,1,7-8H2,2H3. The fourth-order valence-electron chi connectivity index (χ4n) is 1.76. The van der Waals surface area contributed by atoms with Gasteiger partial charge in [0.15, 0.2) is 0 Å². The predicted octanol–water partition coefficient (Wildman–Crippen LogP) is 2.41. The lowest BCUT2D eigenvalue weighted by molar-refractivity contribution is -0.139. The van der Waals surface area contributed by atoms with E-state index < -0.39 is 0 Å². The minimum absolute atomic E-state index is 0.139. The molecule has 1 saturated heterocycles. The van der Waals surface area contributed by atoms with Crippen LogP contribution in [0.15, 0.2) is 30.8 Å². The lowest BCUT2D eigenvalue weighted by atomic mass is 10.0. The van der Waals surface area contributed by atoms with Gasteiger partial charge in [0, 0.05) is 6.42 Å². The van der Waals surface area contributed by atoms with Gasteiger partial charge >= 0.3 is 5.97 Å². The molecule has 3 heteroatoms. The summed E-state index contributed by atoms with van der Waals surface area (Å²) in [6.45, 7) is 3.98. The van der Waals surface area contributed by atoms with E-state index >= 15 is 0 Å². The van der Waals surface area contributed by atoms with Crippen molar-refractivity contribution in [3.8, 4) is 5.75 Å². The van der Waals surface area contributed by atoms with E-state index in [4.69, 9.17) is 9.47 Å². The summed E-state index contributed by atoms with van der Waals surface area (Å²) >= 11 is 0. The second-order valence-electron chi connectivity index (χ2n) is 3.77. The average molecular weight is 218 g/mol. The van der Waals surface area contributed by atoms with Crippen molar-refractivity contribution in [2.45, 2.75) is 18.9 Å². The van der Waals surface area contributed by atoms with Crippen molar-refractivity contribution in [3.63, 3.8) is 0 Å². The monoisotopic (exact) mass is 218 g/mol. The van der Waals surface area contributed by atoms with Crippen LogP contribution in [-0.4, -0.2) is 19.2 Å². The van der Waals surface area contributed by atoms with Crippen LogP contribution in [0.3, 0.4) is 0 Å². The summed E-state index contributed by atoms with van der Waals surface area (Å²) in [7, 11) is 1.63. The van der Waals surface area contributed by atoms with E-state index in [0.717, 1.165) is 23.3 Å². The van der Waals surface area contributed by atoms with Gasteiger partial charge in [-0.3, -0.25) is 4.79 Å². The topological polar surface area (TPSA) is 35.5 Å². The van der Waals surface area contributed by atoms with Crippen LogP contribution < -0.4 is 4.74 Å². The molecule has 1 unspecified atom stereocenters. The molecule has 1 atom stereocenters. The first-order chi connectivity index (χ1) is 7.70. The number of rotatable bonds is 3. The molecular weight excluding hydrogens is 204 g/mol. The fourth-order valence-corrected chi connectivity index (χ4v) is 1.76. The Labute approximate surface area is 94.7 Å². The highest BCUT2D eigenvalue weighted by Gasteiger charge is 2.26. The number of hydrogen-bond acceptors (Lipinski definition) is 3. The average Bonchev–Trinajstić information content (AvgIpc) is 2.75. The normalized spacial score (nSPS) is 19.3. The Bertz CT molecular complexity index is 406. The summed E-state index contributed by atoms with van der Waals surface area (Å²) in [5.74, 6) is 0.666. The van der Waals surface area contributed by atoms with E-state index in [1.807, 2.05) is 24.3 Å². The third-order valence-electron chi connectivity index (χ3n) is 2.73. The smallest absolute Gasteiger partial charge is 0.306 e. The number of ether oxygens (including phenoxy) is 2. The van der Waals surface area contributed by atoms with Gasteiger partial charge in [0.2, 0.25) is 0 Å². The molecule has 0 aliphatic carbocycles. The molecule has 0 saturated carbocycles. The highest BCUT2D eigenvalue weighted by atomic mass is 16.5. The first-order valence-electron chi connectivity index (χ1n) is 5.23. The quantitative estimate of drug-likeness (QED) is 0.731. The summed E-state index contributed by atoms with van der Waals surface area (Å²) in [5, 5.41) is 0. The number of carbonyl (C=O) groups excluding carboxylic acids is 1. The molecule has 1 aromatic rings. The molecule has 3 nitrogen and oxygen atoms in total. The van der Waals surface area contributed by atoms with Crippen molar-refractivity contribution in [3.05, 3.63) is 36.4 Å². The van der Waals surface area contributed by atoms with E-state index in [1.54, 1.807) is 7.11 Å². The maximum absolute atomic E-state index is 11.0. The van der Waals surface area contributed by atoms with Crippen LogP contribution in [0.2, 0.25) is 0 Å². The lowest BCUT2D eigenvalue weighted by Crippen LogP contribution is -2.08. The molecule has 16 heavy (non-hydrogen) atoms. The lowest BCUT2D eigenvalue weighted by Gasteiger charge is -2.13. The van der Waals surface area contributed by atoms with E-state index in [1.165, 1.54) is 0 Å². The molecule has 2 rings (SSSR count). The molecule has 0 aromatic heterocycles. The third kappa shape index (κ3) is 2.08. The van der Waals surface area contributed by atoms with Gasteiger partial charge in [0.05, 0.1) is 7.11 Å². The fraction of sp³-hybridized carbons (Fsp3) is 0.308. The van der Waals surface area contributed by atoms with Crippen LogP contribution in [-0.2, 0) is 9.53 Å². The molecule has 0 spiro atoms. The van der Waals surface area contributed by atoms with Crippen molar-refractivity contribution < 1.29 is 14.3 Å². The summed E-state index contributed by atoms with van der Waals surface area (Å²) in [6, 6.07) is 7.59. The summed E-state index contributed by atoms with van der Waals surface area (Å²) in [4.78, 5) is 11.0. The predicted molar refractivity (Wildman–Crippen MR) is 61.1 cm³/mol. The summed E-state index contributed by atoms with van der Waals surface area (Å²) in [5.41, 5.74) is 1.84. The maximum atomic E-state index is 11.0. The Morgan fingerprint density at radius 3 is 2.62 bits per heavy atom. The first kappa shape index (κ1) is 10.7. The van der Waals surface area contributed by atoms with Gasteiger partial charge in [0.1, 0.15) is 11.9 Å². The number of cyclic esters (lactones) is 1. The zero-order chi connectivity index (χ0) is 11.5. The Hall–Kier alpha value is -1.77. The van der Waals surface area contributed by atoms with Crippen molar-refractivity contribution in [1.29, 1.82) is 0 Å². The van der Waals surface area contributed by atoms with Crippen LogP contribution in [0.4, 0.5) is 0 Å². The van der Waals surface area contributed by atoms with E-state index in [9.17, 15) is 4.79 Å². The van der Waals surface area contributed by atoms with E-state index in [2.05, 4.69) is 6.58 Å². The van der Waals surface area contributed by atoms with E-state index in [-0.39, 0.29) is 12.1 Å². The highest BCUT2D eigenvalue weighted by molar-refractivity contribution is 5.77. The molecule has 0 N–H and O–H groups in total. The number of esters is 1. The number of hydrogen-bond donors (Lipinski definition) is 0. The number of carbonyl (C=O) groups is 1. The second kappa shape index (κ2) is 4.39. The molecule has 1 aromatic carbocycles. The van der Waals surface area contributed by atoms with Crippen LogP contribution >= 0.6 is 0 Å². The van der Waals surface area contributed by atoms with Crippen LogP contribution in [0, 0.1) is 0 Å². The minimum atomic E-state index is -0.166. The first-order valence-corrected chi connectivity index (χ1v) is 5.23. The number of benzene rings is 1. The summed E-state index contributed by atoms with van der Waals surface area (Å²) in [6.07, 6.45) is 1.05. The van der Waals surface area contributed by atoms with Crippen molar-refractivity contribution in [2.24, 2.45) is 0 Å². The number of methoxy groups -OCH3 is 1. The van der Waals surface area contributed by atoms with Crippen molar-refractivity contribution >= 4 is 11.5 Å². The third-order valence-corrected chi connectivity index (χ3v) is 2.73. The van der Waals surface area contributed by atoms with Crippen LogP contribution in [0.5, 0.6) is 5.75 Å². The molecule has 0 amide bonds. The highest BCUT2D eigenvalue weighted by Crippen LogP contribution is 2.28. The van der Waals surface area contributed by atoms with Gasteiger partial charge < -0.3 is 9.47 Å². The Morgan fingerprint density at radius 1 is 1.44 bits per heavy atom. The van der Waals surface area contributed by atoms with Gasteiger partial charge in [0.25, 0.3) is 0 Å². The Morgan fingerprint density at radius 2 is 2.12 bits per heavy atom. The summed E-state index contributed by atoms with van der Waals surface area (Å²) < 4.78 is 10.2. The second-order valence-corrected chi connectivity index (χ2v) is 3.77. The van der Waals surface area contributed by atoms with Crippen molar-refractivity contribution in [2.75, 3.05) is 7.11 Å². The zero-order valence-corrected chi connectivity index (χ0v) is 9.23. The molecule has 1 aliphatic heterocycles. The molecule has 1 heterocycles. The van der Waals surface area contributed by atoms with Crippen LogP contribution in [0.1, 0.15) is 18.4 Å².